The van der Waals surface area contributed by atoms with Gasteiger partial charge in [-0.3, -0.25) is 10.1 Å². The number of pyridine rings is 1. The molecule has 1 aromatic rings. The molecule has 0 fully saturated rings. The van der Waals surface area contributed by atoms with E-state index in [1.54, 1.807) is 6.92 Å². The summed E-state index contributed by atoms with van der Waals surface area (Å²) in [4.78, 5) is 37.9. The number of nitrogens with zero attached hydrogens (tertiary/aromatic N) is 1. The number of carbonyl (C=O) groups is 3. The highest BCUT2D eigenvalue weighted by atomic mass is 35.5. The lowest BCUT2D eigenvalue weighted by atomic mass is 10.3. The van der Waals surface area contributed by atoms with Crippen LogP contribution in [0.15, 0.2) is 0 Å². The predicted octanol–water partition coefficient (Wildman–Crippen LogP) is 1.63. The third kappa shape index (κ3) is 4.62. The number of rotatable bonds is 4. The Bertz CT molecular complexity index is 624. The first-order valence-corrected chi connectivity index (χ1v) is 6.96. The number of halogens is 3. The number of nitrogen functional groups attached to an aromatic ring is 1. The highest BCUT2D eigenvalue weighted by molar-refractivity contribution is 6.46. The number of hydrogen-bond donors (Lipinski definition) is 3. The molecule has 0 saturated heterocycles. The van der Waals surface area contributed by atoms with Crippen LogP contribution in [-0.4, -0.2) is 36.0 Å². The Kier molecular flexibility index (Phi) is 6.66. The SMILES string of the molecule is CCNC(=O)NC(=O)COC(=O)c1nc(Cl)c(Cl)c(N)c1Cl. The number of hydrogen-bond acceptors (Lipinski definition) is 6. The number of amides is 3. The summed E-state index contributed by atoms with van der Waals surface area (Å²) in [5, 5.41) is 3.69. The van der Waals surface area contributed by atoms with E-state index in [0.717, 1.165) is 0 Å². The number of ether oxygens (including phenoxy) is 1. The molecule has 1 rings (SSSR count). The molecule has 11 heteroatoms. The molecule has 4 N–H and O–H groups in total. The van der Waals surface area contributed by atoms with Gasteiger partial charge in [-0.15, -0.1) is 0 Å². The van der Waals surface area contributed by atoms with Crippen LogP contribution in [0.25, 0.3) is 0 Å². The molecular weight excluding hydrogens is 359 g/mol. The molecule has 0 aromatic carbocycles. The van der Waals surface area contributed by atoms with E-state index in [0.29, 0.717) is 6.54 Å². The minimum Gasteiger partial charge on any atom is -0.451 e. The van der Waals surface area contributed by atoms with Crippen LogP contribution in [0.3, 0.4) is 0 Å². The summed E-state index contributed by atoms with van der Waals surface area (Å²) < 4.78 is 4.66. The Hall–Kier alpha value is -1.77. The van der Waals surface area contributed by atoms with Gasteiger partial charge in [0.15, 0.2) is 17.5 Å². The van der Waals surface area contributed by atoms with Gasteiger partial charge >= 0.3 is 12.0 Å². The number of aromatic nitrogens is 1. The molecule has 0 spiro atoms. The van der Waals surface area contributed by atoms with Gasteiger partial charge in [0.2, 0.25) is 0 Å². The first kappa shape index (κ1) is 18.3. The second-order valence-electron chi connectivity index (χ2n) is 3.78. The monoisotopic (exact) mass is 368 g/mol. The van der Waals surface area contributed by atoms with Crippen LogP contribution < -0.4 is 16.4 Å². The lowest BCUT2D eigenvalue weighted by Crippen LogP contribution is -2.41. The van der Waals surface area contributed by atoms with E-state index in [1.807, 2.05) is 5.32 Å². The molecule has 8 nitrogen and oxygen atoms in total. The molecule has 1 heterocycles. The maximum atomic E-state index is 11.8. The number of urea groups is 1. The lowest BCUT2D eigenvalue weighted by Gasteiger charge is -2.09. The third-order valence-corrected chi connectivity index (χ3v) is 3.33. The first-order chi connectivity index (χ1) is 10.3. The van der Waals surface area contributed by atoms with Crippen LogP contribution in [0.5, 0.6) is 0 Å². The molecule has 0 radical (unpaired) electrons. The van der Waals surface area contributed by atoms with E-state index in [4.69, 9.17) is 40.5 Å². The molecule has 0 aliphatic carbocycles. The fraction of sp³-hybridized carbons (Fsp3) is 0.273. The zero-order valence-electron chi connectivity index (χ0n) is 11.2. The molecule has 0 bridgehead atoms. The standard InChI is InChI=1S/C11H11Cl3N4O4/c1-2-16-11(21)17-4(19)3-22-10(20)8-5(12)7(15)6(13)9(14)18-8/h2-3H2,1H3,(H2,15,18)(H2,16,17,19,21). The molecule has 0 saturated carbocycles. The van der Waals surface area contributed by atoms with Crippen molar-refractivity contribution in [3.63, 3.8) is 0 Å². The van der Waals surface area contributed by atoms with Crippen molar-refractivity contribution in [3.05, 3.63) is 20.9 Å². The van der Waals surface area contributed by atoms with Gasteiger partial charge < -0.3 is 15.8 Å². The van der Waals surface area contributed by atoms with Crippen LogP contribution >= 0.6 is 34.8 Å². The largest absolute Gasteiger partial charge is 0.451 e. The van der Waals surface area contributed by atoms with E-state index in [1.165, 1.54) is 0 Å². The minimum absolute atomic E-state index is 0.0998. The molecule has 3 amide bonds. The summed E-state index contributed by atoms with van der Waals surface area (Å²) in [7, 11) is 0. The Morgan fingerprint density at radius 2 is 1.86 bits per heavy atom. The number of esters is 1. The smallest absolute Gasteiger partial charge is 0.359 e. The van der Waals surface area contributed by atoms with E-state index in [9.17, 15) is 14.4 Å². The topological polar surface area (TPSA) is 123 Å². The predicted molar refractivity (Wildman–Crippen MR) is 81.2 cm³/mol. The van der Waals surface area contributed by atoms with Gasteiger partial charge in [-0.2, -0.15) is 0 Å². The van der Waals surface area contributed by atoms with Crippen molar-refractivity contribution < 1.29 is 19.1 Å². The lowest BCUT2D eigenvalue weighted by molar-refractivity contribution is -0.123. The van der Waals surface area contributed by atoms with Crippen molar-refractivity contribution in [2.24, 2.45) is 0 Å². The fourth-order valence-electron chi connectivity index (χ4n) is 1.23. The van der Waals surface area contributed by atoms with Gasteiger partial charge in [0.1, 0.15) is 5.02 Å². The fourth-order valence-corrected chi connectivity index (χ4v) is 1.82. The van der Waals surface area contributed by atoms with Crippen molar-refractivity contribution in [2.75, 3.05) is 18.9 Å². The summed E-state index contributed by atoms with van der Waals surface area (Å²) in [6.07, 6.45) is 0. The van der Waals surface area contributed by atoms with Crippen molar-refractivity contribution in [1.82, 2.24) is 15.6 Å². The van der Waals surface area contributed by atoms with Crippen molar-refractivity contribution in [3.8, 4) is 0 Å². The summed E-state index contributed by atoms with van der Waals surface area (Å²) in [6, 6.07) is -0.710. The molecule has 0 aliphatic heterocycles. The minimum atomic E-state index is -1.04. The Labute approximate surface area is 140 Å². The highest BCUT2D eigenvalue weighted by Gasteiger charge is 2.21. The van der Waals surface area contributed by atoms with E-state index in [-0.39, 0.29) is 26.6 Å². The average molecular weight is 370 g/mol. The van der Waals surface area contributed by atoms with E-state index < -0.39 is 24.5 Å². The third-order valence-electron chi connectivity index (χ3n) is 2.19. The van der Waals surface area contributed by atoms with Crippen LogP contribution in [0.4, 0.5) is 10.5 Å². The van der Waals surface area contributed by atoms with Crippen molar-refractivity contribution in [2.45, 2.75) is 6.92 Å². The highest BCUT2D eigenvalue weighted by Crippen LogP contribution is 2.34. The first-order valence-electron chi connectivity index (χ1n) is 5.82. The Morgan fingerprint density at radius 1 is 1.23 bits per heavy atom. The van der Waals surface area contributed by atoms with E-state index >= 15 is 0 Å². The van der Waals surface area contributed by atoms with Crippen LogP contribution in [0.1, 0.15) is 17.4 Å². The summed E-state index contributed by atoms with van der Waals surface area (Å²) in [5.74, 6) is -1.87. The molecule has 1 aromatic heterocycles. The average Bonchev–Trinajstić information content (AvgIpc) is 2.46. The molecule has 0 aliphatic rings. The number of imide groups is 1. The van der Waals surface area contributed by atoms with Gasteiger partial charge in [0.25, 0.3) is 5.91 Å². The van der Waals surface area contributed by atoms with Gasteiger partial charge in [-0.1, -0.05) is 34.8 Å². The van der Waals surface area contributed by atoms with E-state index in [2.05, 4.69) is 15.0 Å². The van der Waals surface area contributed by atoms with Gasteiger partial charge in [-0.25, -0.2) is 14.6 Å². The molecule has 0 unspecified atom stereocenters. The van der Waals surface area contributed by atoms with Crippen LogP contribution in [0, 0.1) is 0 Å². The maximum absolute atomic E-state index is 11.8. The zero-order valence-corrected chi connectivity index (χ0v) is 13.5. The second kappa shape index (κ2) is 8.02. The number of anilines is 1. The second-order valence-corrected chi connectivity index (χ2v) is 4.89. The Balaban J connectivity index is 2.71. The number of nitrogens with one attached hydrogen (secondary N) is 2. The summed E-state index contributed by atoms with van der Waals surface area (Å²) >= 11 is 17.2. The summed E-state index contributed by atoms with van der Waals surface area (Å²) in [6.45, 7) is 1.29. The normalized spacial score (nSPS) is 10.0. The van der Waals surface area contributed by atoms with Crippen LogP contribution in [0.2, 0.25) is 15.2 Å². The zero-order chi connectivity index (χ0) is 16.9. The van der Waals surface area contributed by atoms with Crippen LogP contribution in [-0.2, 0) is 9.53 Å². The maximum Gasteiger partial charge on any atom is 0.359 e. The van der Waals surface area contributed by atoms with Gasteiger partial charge in [0, 0.05) is 6.54 Å². The summed E-state index contributed by atoms with van der Waals surface area (Å²) in [5.41, 5.74) is 5.02. The van der Waals surface area contributed by atoms with Crippen molar-refractivity contribution >= 4 is 58.4 Å². The molecule has 0 atom stereocenters. The Morgan fingerprint density at radius 3 is 2.45 bits per heavy atom. The molecule has 120 valence electrons. The molecule has 22 heavy (non-hydrogen) atoms. The molecular formula is C11H11Cl3N4O4. The number of carbonyl (C=O) groups excluding carboxylic acids is 3. The quantitative estimate of drug-likeness (QED) is 0.547. The van der Waals surface area contributed by atoms with Gasteiger partial charge in [-0.05, 0) is 6.92 Å². The van der Waals surface area contributed by atoms with Gasteiger partial charge in [0.05, 0.1) is 10.7 Å². The number of nitrogens with two attached hydrogens (primary N) is 1. The van der Waals surface area contributed by atoms with Crippen molar-refractivity contribution in [1.29, 1.82) is 0 Å².